The van der Waals surface area contributed by atoms with Crippen LogP contribution in [0.25, 0.3) is 16.2 Å². The summed E-state index contributed by atoms with van der Waals surface area (Å²) >= 11 is 7.60. The van der Waals surface area contributed by atoms with Crippen molar-refractivity contribution in [3.63, 3.8) is 0 Å². The minimum Gasteiger partial charge on any atom is -0.286 e. The number of rotatable bonds is 2. The van der Waals surface area contributed by atoms with Gasteiger partial charge in [-0.15, -0.1) is 11.3 Å². The first kappa shape index (κ1) is 13.2. The molecule has 2 heterocycles. The van der Waals surface area contributed by atoms with E-state index in [0.29, 0.717) is 6.42 Å². The molecule has 3 nitrogen and oxygen atoms in total. The Morgan fingerprint density at radius 2 is 2.00 bits per heavy atom. The quantitative estimate of drug-likeness (QED) is 0.704. The zero-order chi connectivity index (χ0) is 14.3. The molecule has 0 atom stereocenters. The Morgan fingerprint density at radius 3 is 2.65 bits per heavy atom. The first-order valence-electron chi connectivity index (χ1n) is 6.22. The van der Waals surface area contributed by atoms with Gasteiger partial charge in [0.25, 0.3) is 0 Å². The summed E-state index contributed by atoms with van der Waals surface area (Å²) in [5, 5.41) is 9.74. The monoisotopic (exact) mass is 301 g/mol. The molecular weight excluding hydrogens is 290 g/mol. The summed E-state index contributed by atoms with van der Waals surface area (Å²) in [6.07, 6.45) is 0.365. The molecule has 3 rings (SSSR count). The van der Waals surface area contributed by atoms with E-state index in [0.717, 1.165) is 32.6 Å². The lowest BCUT2D eigenvalue weighted by molar-refractivity contribution is 1.05. The molecule has 0 spiro atoms. The van der Waals surface area contributed by atoms with Crippen molar-refractivity contribution in [1.82, 2.24) is 9.38 Å². The molecule has 3 aromatic rings. The maximum atomic E-state index is 9.02. The van der Waals surface area contributed by atoms with Crippen LogP contribution >= 0.6 is 22.9 Å². The fraction of sp³-hybridized carbons (Fsp3) is 0.200. The minimum atomic E-state index is 0.365. The maximum Gasteiger partial charge on any atom is 0.194 e. The molecule has 2 aromatic heterocycles. The number of hydrogen-bond donors (Lipinski definition) is 0. The predicted octanol–water partition coefficient (Wildman–Crippen LogP) is 4.40. The number of halogens is 1. The molecule has 0 saturated heterocycles. The predicted molar refractivity (Wildman–Crippen MR) is 82.3 cm³/mol. The summed E-state index contributed by atoms with van der Waals surface area (Å²) in [5.74, 6) is 0. The number of nitriles is 1. The normalized spacial score (nSPS) is 10.9. The first-order chi connectivity index (χ1) is 9.61. The number of benzene rings is 1. The zero-order valence-electron chi connectivity index (χ0n) is 11.1. The largest absolute Gasteiger partial charge is 0.286 e. The summed E-state index contributed by atoms with van der Waals surface area (Å²) in [6.45, 7) is 4.03. The lowest BCUT2D eigenvalue weighted by Gasteiger charge is -2.05. The molecule has 100 valence electrons. The highest BCUT2D eigenvalue weighted by Crippen LogP contribution is 2.33. The van der Waals surface area contributed by atoms with Gasteiger partial charge >= 0.3 is 0 Å². The summed E-state index contributed by atoms with van der Waals surface area (Å²) in [5.41, 5.74) is 4.09. The second-order valence-corrected chi connectivity index (χ2v) is 6.23. The van der Waals surface area contributed by atoms with E-state index in [1.54, 1.807) is 11.3 Å². The number of fused-ring (bicyclic) bond motifs is 1. The Labute approximate surface area is 126 Å². The Kier molecular flexibility index (Phi) is 3.25. The fourth-order valence-electron chi connectivity index (χ4n) is 2.40. The lowest BCUT2D eigenvalue weighted by Crippen LogP contribution is -1.95. The number of nitrogens with zero attached hydrogens (tertiary/aromatic N) is 3. The molecule has 0 saturated carbocycles. The summed E-state index contributed by atoms with van der Waals surface area (Å²) in [4.78, 5) is 6.69. The van der Waals surface area contributed by atoms with Crippen LogP contribution in [-0.4, -0.2) is 9.38 Å². The van der Waals surface area contributed by atoms with E-state index in [1.165, 1.54) is 4.88 Å². The van der Waals surface area contributed by atoms with Crippen molar-refractivity contribution in [3.05, 3.63) is 45.6 Å². The average molecular weight is 302 g/mol. The Bertz CT molecular complexity index is 822. The summed E-state index contributed by atoms with van der Waals surface area (Å²) < 4.78 is 2.10. The molecule has 20 heavy (non-hydrogen) atoms. The zero-order valence-corrected chi connectivity index (χ0v) is 12.7. The minimum absolute atomic E-state index is 0.365. The number of thiazole rings is 1. The van der Waals surface area contributed by atoms with E-state index < -0.39 is 0 Å². The molecule has 0 unspecified atom stereocenters. The third kappa shape index (κ3) is 2.00. The molecule has 0 N–H and O–H groups in total. The number of imidazole rings is 1. The Balaban J connectivity index is 2.31. The van der Waals surface area contributed by atoms with Gasteiger partial charge in [0.15, 0.2) is 4.96 Å². The molecule has 0 radical (unpaired) electrons. The topological polar surface area (TPSA) is 41.1 Å². The van der Waals surface area contributed by atoms with Crippen molar-refractivity contribution in [1.29, 1.82) is 5.26 Å². The first-order valence-corrected chi connectivity index (χ1v) is 7.41. The highest BCUT2D eigenvalue weighted by atomic mass is 35.5. The van der Waals surface area contributed by atoms with Crippen LogP contribution in [-0.2, 0) is 6.42 Å². The molecule has 0 bridgehead atoms. The maximum absolute atomic E-state index is 9.02. The number of aryl methyl sites for hydroxylation is 2. The standard InChI is InChI=1S/C15H12ClN3S/c1-9-13(7-8-17)19-14(10(2)20-15(19)18-9)11-3-5-12(16)6-4-11/h3-6H,7H2,1-2H3. The van der Waals surface area contributed by atoms with Crippen LogP contribution in [0.5, 0.6) is 0 Å². The van der Waals surface area contributed by atoms with Gasteiger partial charge in [-0.05, 0) is 31.5 Å². The Morgan fingerprint density at radius 1 is 1.30 bits per heavy atom. The van der Waals surface area contributed by atoms with E-state index in [2.05, 4.69) is 22.4 Å². The molecular formula is C15H12ClN3S. The van der Waals surface area contributed by atoms with Gasteiger partial charge in [-0.1, -0.05) is 23.7 Å². The van der Waals surface area contributed by atoms with Crippen LogP contribution < -0.4 is 0 Å². The van der Waals surface area contributed by atoms with Crippen molar-refractivity contribution in [3.8, 4) is 17.3 Å². The molecule has 0 aliphatic heterocycles. The van der Waals surface area contributed by atoms with Crippen molar-refractivity contribution < 1.29 is 0 Å². The van der Waals surface area contributed by atoms with Gasteiger partial charge in [-0.2, -0.15) is 5.26 Å². The second-order valence-electron chi connectivity index (χ2n) is 4.61. The fourth-order valence-corrected chi connectivity index (χ4v) is 3.58. The lowest BCUT2D eigenvalue weighted by atomic mass is 10.1. The van der Waals surface area contributed by atoms with Crippen molar-refractivity contribution in [2.24, 2.45) is 0 Å². The van der Waals surface area contributed by atoms with Crippen LogP contribution in [0.2, 0.25) is 5.02 Å². The highest BCUT2D eigenvalue weighted by Gasteiger charge is 2.17. The van der Waals surface area contributed by atoms with E-state index in [9.17, 15) is 0 Å². The van der Waals surface area contributed by atoms with E-state index >= 15 is 0 Å². The van der Waals surface area contributed by atoms with Crippen molar-refractivity contribution in [2.75, 3.05) is 0 Å². The van der Waals surface area contributed by atoms with Gasteiger partial charge in [0.1, 0.15) is 0 Å². The van der Waals surface area contributed by atoms with Crippen LogP contribution in [0.1, 0.15) is 16.3 Å². The van der Waals surface area contributed by atoms with E-state index in [1.807, 2.05) is 31.2 Å². The second kappa shape index (κ2) is 4.93. The van der Waals surface area contributed by atoms with Gasteiger partial charge in [-0.25, -0.2) is 4.98 Å². The van der Waals surface area contributed by atoms with E-state index in [4.69, 9.17) is 16.9 Å². The van der Waals surface area contributed by atoms with Crippen LogP contribution in [0, 0.1) is 25.2 Å². The number of aromatic nitrogens is 2. The summed E-state index contributed by atoms with van der Waals surface area (Å²) in [6, 6.07) is 9.99. The van der Waals surface area contributed by atoms with Gasteiger partial charge in [-0.3, -0.25) is 4.40 Å². The van der Waals surface area contributed by atoms with Crippen molar-refractivity contribution in [2.45, 2.75) is 20.3 Å². The van der Waals surface area contributed by atoms with Gasteiger partial charge in [0, 0.05) is 9.90 Å². The van der Waals surface area contributed by atoms with Gasteiger partial charge < -0.3 is 0 Å². The molecule has 0 amide bonds. The third-order valence-corrected chi connectivity index (χ3v) is 4.52. The molecule has 0 aliphatic carbocycles. The number of hydrogen-bond acceptors (Lipinski definition) is 3. The molecule has 0 aliphatic rings. The smallest absolute Gasteiger partial charge is 0.194 e. The van der Waals surface area contributed by atoms with Gasteiger partial charge in [0.05, 0.1) is 29.6 Å². The SMILES string of the molecule is Cc1nc2sc(C)c(-c3ccc(Cl)cc3)n2c1CC#N. The third-order valence-electron chi connectivity index (χ3n) is 3.31. The Hall–Kier alpha value is -1.83. The van der Waals surface area contributed by atoms with Crippen LogP contribution in [0.3, 0.4) is 0 Å². The molecule has 0 fully saturated rings. The average Bonchev–Trinajstić information content (AvgIpc) is 2.87. The van der Waals surface area contributed by atoms with Crippen LogP contribution in [0.15, 0.2) is 24.3 Å². The highest BCUT2D eigenvalue weighted by molar-refractivity contribution is 7.17. The van der Waals surface area contributed by atoms with Gasteiger partial charge in [0.2, 0.25) is 0 Å². The summed E-state index contributed by atoms with van der Waals surface area (Å²) in [7, 11) is 0. The molecule has 1 aromatic carbocycles. The van der Waals surface area contributed by atoms with Crippen molar-refractivity contribution >= 4 is 27.9 Å². The van der Waals surface area contributed by atoms with E-state index in [-0.39, 0.29) is 0 Å². The molecule has 5 heteroatoms. The van der Waals surface area contributed by atoms with Crippen LogP contribution in [0.4, 0.5) is 0 Å².